The summed E-state index contributed by atoms with van der Waals surface area (Å²) in [7, 11) is 0. The Morgan fingerprint density at radius 2 is 2.58 bits per heavy atom. The van der Waals surface area contributed by atoms with Crippen LogP contribution in [0.2, 0.25) is 0 Å². The molecule has 4 nitrogen and oxygen atoms in total. The normalized spacial score (nSPS) is 9.00. The van der Waals surface area contributed by atoms with Gasteiger partial charge in [-0.25, -0.2) is 4.79 Å². The summed E-state index contributed by atoms with van der Waals surface area (Å²) in [6.45, 7) is 2.04. The van der Waals surface area contributed by atoms with Gasteiger partial charge in [0.05, 0.1) is 6.61 Å². The summed E-state index contributed by atoms with van der Waals surface area (Å²) in [6.07, 6.45) is 0. The highest BCUT2D eigenvalue weighted by atomic mass is 32.1. The summed E-state index contributed by atoms with van der Waals surface area (Å²) < 4.78 is 4.73. The van der Waals surface area contributed by atoms with E-state index in [1.165, 1.54) is 11.3 Å². The molecule has 0 aliphatic rings. The summed E-state index contributed by atoms with van der Waals surface area (Å²) in [4.78, 5) is 14.4. The van der Waals surface area contributed by atoms with E-state index in [-0.39, 0.29) is 5.69 Å². The molecule has 0 saturated carbocycles. The van der Waals surface area contributed by atoms with Crippen molar-refractivity contribution in [2.24, 2.45) is 0 Å². The Balaban J connectivity index is 2.88. The number of thiophene rings is 1. The van der Waals surface area contributed by atoms with Crippen LogP contribution >= 0.6 is 11.3 Å². The first-order valence-corrected chi connectivity index (χ1v) is 4.27. The third-order valence-electron chi connectivity index (χ3n) is 1.21. The lowest BCUT2D eigenvalue weighted by atomic mass is 10.4. The topological polar surface area (TPSA) is 54.5 Å². The zero-order valence-corrected chi connectivity index (χ0v) is 7.30. The molecule has 0 amide bonds. The summed E-state index contributed by atoms with van der Waals surface area (Å²) in [6, 6.07) is 1.55. The molecule has 1 aromatic heterocycles. The van der Waals surface area contributed by atoms with Gasteiger partial charge in [0.25, 0.3) is 0 Å². The molecule has 0 unspecified atom stereocenters. The Hall–Kier alpha value is -1.41. The second-order valence-electron chi connectivity index (χ2n) is 1.96. The Morgan fingerprint density at radius 3 is 3.17 bits per heavy atom. The number of hydrogen-bond donors (Lipinski definition) is 0. The molecular formula is C7H7N2O2S+. The average Bonchev–Trinajstić information content (AvgIpc) is 2.51. The van der Waals surface area contributed by atoms with Crippen molar-refractivity contribution in [3.05, 3.63) is 21.3 Å². The highest BCUT2D eigenvalue weighted by Crippen LogP contribution is 2.25. The molecule has 0 N–H and O–H groups in total. The van der Waals surface area contributed by atoms with Gasteiger partial charge in [-0.1, -0.05) is 0 Å². The number of hydrogen-bond acceptors (Lipinski definition) is 4. The summed E-state index contributed by atoms with van der Waals surface area (Å²) in [5.41, 5.74) is 0.262. The molecule has 62 valence electrons. The molecule has 5 heteroatoms. The van der Waals surface area contributed by atoms with Gasteiger partial charge in [-0.15, -0.1) is 11.3 Å². The molecule has 0 spiro atoms. The molecule has 0 saturated heterocycles. The van der Waals surface area contributed by atoms with Crippen molar-refractivity contribution in [3.63, 3.8) is 0 Å². The van der Waals surface area contributed by atoms with Crippen molar-refractivity contribution in [1.29, 1.82) is 5.39 Å². The average molecular weight is 183 g/mol. The third kappa shape index (κ3) is 1.60. The third-order valence-corrected chi connectivity index (χ3v) is 2.10. The van der Waals surface area contributed by atoms with Gasteiger partial charge in [-0.3, -0.25) is 0 Å². The Kier molecular flexibility index (Phi) is 2.77. The highest BCUT2D eigenvalue weighted by Gasteiger charge is 2.22. The minimum absolute atomic E-state index is 0.262. The van der Waals surface area contributed by atoms with Crippen molar-refractivity contribution in [2.75, 3.05) is 6.61 Å². The molecule has 12 heavy (non-hydrogen) atoms. The number of rotatable bonds is 2. The van der Waals surface area contributed by atoms with E-state index in [4.69, 9.17) is 10.1 Å². The number of carbonyl (C=O) groups excluding carboxylic acids is 1. The van der Waals surface area contributed by atoms with E-state index in [0.29, 0.717) is 11.5 Å². The first-order chi connectivity index (χ1) is 5.79. The van der Waals surface area contributed by atoms with E-state index in [2.05, 4.69) is 4.98 Å². The Labute approximate surface area is 73.4 Å². The fourth-order valence-corrected chi connectivity index (χ4v) is 1.45. The van der Waals surface area contributed by atoms with Crippen molar-refractivity contribution >= 4 is 23.0 Å². The van der Waals surface area contributed by atoms with Crippen LogP contribution in [0.3, 0.4) is 0 Å². The van der Waals surface area contributed by atoms with Crippen molar-refractivity contribution in [2.45, 2.75) is 6.92 Å². The predicted octanol–water partition coefficient (Wildman–Crippen LogP) is 2.41. The SMILES string of the molecule is CCOC(=O)c1sccc1[N+]#N. The van der Waals surface area contributed by atoms with Gasteiger partial charge in [0.2, 0.25) is 10.3 Å². The van der Waals surface area contributed by atoms with E-state index in [1.807, 2.05) is 0 Å². The lowest BCUT2D eigenvalue weighted by Gasteiger charge is -1.94. The van der Waals surface area contributed by atoms with Crippen molar-refractivity contribution < 1.29 is 9.53 Å². The van der Waals surface area contributed by atoms with Gasteiger partial charge in [-0.2, -0.15) is 0 Å². The van der Waals surface area contributed by atoms with Crippen LogP contribution in [0.25, 0.3) is 4.98 Å². The van der Waals surface area contributed by atoms with Crippen LogP contribution < -0.4 is 0 Å². The largest absolute Gasteiger partial charge is 0.462 e. The Bertz CT molecular complexity index is 326. The first-order valence-electron chi connectivity index (χ1n) is 3.39. The zero-order chi connectivity index (χ0) is 8.97. The van der Waals surface area contributed by atoms with Gasteiger partial charge in [0.15, 0.2) is 4.98 Å². The zero-order valence-electron chi connectivity index (χ0n) is 6.48. The lowest BCUT2D eigenvalue weighted by Crippen LogP contribution is -2.01. The molecule has 0 bridgehead atoms. The minimum Gasteiger partial charge on any atom is -0.462 e. The number of diazo groups is 1. The molecule has 0 aliphatic heterocycles. The fraction of sp³-hybridized carbons (Fsp3) is 0.286. The number of nitrogens with zero attached hydrogens (tertiary/aromatic N) is 2. The summed E-state index contributed by atoms with van der Waals surface area (Å²) in [5, 5.41) is 10.1. The highest BCUT2D eigenvalue weighted by molar-refractivity contribution is 7.12. The maximum atomic E-state index is 11.1. The number of esters is 1. The van der Waals surface area contributed by atoms with Crippen LogP contribution in [0.5, 0.6) is 0 Å². The Morgan fingerprint density at radius 1 is 1.83 bits per heavy atom. The maximum absolute atomic E-state index is 11.1. The monoisotopic (exact) mass is 183 g/mol. The van der Waals surface area contributed by atoms with E-state index in [0.717, 1.165) is 0 Å². The van der Waals surface area contributed by atoms with E-state index < -0.39 is 5.97 Å². The molecule has 0 fully saturated rings. The van der Waals surface area contributed by atoms with E-state index >= 15 is 0 Å². The van der Waals surface area contributed by atoms with Crippen LogP contribution in [0.1, 0.15) is 16.6 Å². The smallest absolute Gasteiger partial charge is 0.410 e. The van der Waals surface area contributed by atoms with Crippen LogP contribution in [0, 0.1) is 5.39 Å². The molecule has 1 heterocycles. The number of ether oxygens (including phenoxy) is 1. The maximum Gasteiger partial charge on any atom is 0.410 e. The van der Waals surface area contributed by atoms with Gasteiger partial charge >= 0.3 is 11.7 Å². The molecule has 1 rings (SSSR count). The van der Waals surface area contributed by atoms with Crippen molar-refractivity contribution in [3.8, 4) is 0 Å². The first kappa shape index (κ1) is 8.68. The summed E-state index contributed by atoms with van der Waals surface area (Å²) >= 11 is 1.19. The van der Waals surface area contributed by atoms with Gasteiger partial charge in [0.1, 0.15) is 0 Å². The molecule has 0 atom stereocenters. The van der Waals surface area contributed by atoms with Gasteiger partial charge in [-0.05, 0) is 12.3 Å². The fourth-order valence-electron chi connectivity index (χ4n) is 0.731. The minimum atomic E-state index is -0.444. The lowest BCUT2D eigenvalue weighted by molar-refractivity contribution is 0.0533. The second-order valence-corrected chi connectivity index (χ2v) is 2.87. The molecule has 0 aromatic carbocycles. The molecule has 0 aliphatic carbocycles. The van der Waals surface area contributed by atoms with Crippen LogP contribution in [0.15, 0.2) is 11.4 Å². The van der Waals surface area contributed by atoms with Crippen LogP contribution in [-0.2, 0) is 4.74 Å². The van der Waals surface area contributed by atoms with Gasteiger partial charge in [0, 0.05) is 6.07 Å². The van der Waals surface area contributed by atoms with Crippen LogP contribution in [0.4, 0.5) is 5.69 Å². The second kappa shape index (κ2) is 3.83. The molecule has 0 radical (unpaired) electrons. The quantitative estimate of drug-likeness (QED) is 0.522. The van der Waals surface area contributed by atoms with Crippen molar-refractivity contribution in [1.82, 2.24) is 0 Å². The summed E-state index contributed by atoms with van der Waals surface area (Å²) in [5.74, 6) is -0.444. The standard InChI is InChI=1S/C7H7N2O2S/c1-2-11-7(10)6-5(9-8)3-4-12-6/h3-4H,2H2,1H3/q+1. The van der Waals surface area contributed by atoms with Gasteiger partial charge < -0.3 is 4.74 Å². The van der Waals surface area contributed by atoms with Crippen LogP contribution in [-0.4, -0.2) is 12.6 Å². The molecule has 1 aromatic rings. The number of carbonyl (C=O) groups is 1. The molecular weight excluding hydrogens is 176 g/mol. The van der Waals surface area contributed by atoms with E-state index in [9.17, 15) is 4.79 Å². The van der Waals surface area contributed by atoms with E-state index in [1.54, 1.807) is 18.4 Å². The predicted molar refractivity (Wildman–Crippen MR) is 45.0 cm³/mol.